The van der Waals surface area contributed by atoms with Crippen LogP contribution in [0.25, 0.3) is 21.9 Å². The average molecular weight is 313 g/mol. The SMILES string of the molecule is N#CC1(NS(=O)(=O)c2ccc3c(c2)[nH]c2ncncc23)CC1. The lowest BCUT2D eigenvalue weighted by molar-refractivity contribution is 0.571. The van der Waals surface area contributed by atoms with Crippen molar-refractivity contribution in [3.63, 3.8) is 0 Å². The number of nitrogens with zero attached hydrogens (tertiary/aromatic N) is 3. The standard InChI is InChI=1S/C14H11N5O2S/c15-7-14(3-4-14)19-22(20,21)9-1-2-10-11-6-16-8-17-13(11)18-12(10)5-9/h1-2,5-6,8,19H,3-4H2,(H,16,17,18). The maximum absolute atomic E-state index is 12.4. The second-order valence-corrected chi connectivity index (χ2v) is 7.10. The molecule has 7 nitrogen and oxygen atoms in total. The highest BCUT2D eigenvalue weighted by Gasteiger charge is 2.46. The summed E-state index contributed by atoms with van der Waals surface area (Å²) in [5.41, 5.74) is 0.392. The fourth-order valence-corrected chi connectivity index (χ4v) is 3.86. The fourth-order valence-electron chi connectivity index (χ4n) is 2.46. The number of aromatic amines is 1. The Morgan fingerprint density at radius 3 is 2.86 bits per heavy atom. The molecule has 1 aromatic carbocycles. The Bertz CT molecular complexity index is 1040. The first-order valence-corrected chi connectivity index (χ1v) is 8.18. The molecule has 110 valence electrons. The number of benzene rings is 1. The first kappa shape index (κ1) is 13.2. The third-order valence-corrected chi connectivity index (χ3v) is 5.38. The summed E-state index contributed by atoms with van der Waals surface area (Å²) in [6.07, 6.45) is 4.21. The van der Waals surface area contributed by atoms with Gasteiger partial charge in [0.25, 0.3) is 0 Å². The smallest absolute Gasteiger partial charge is 0.242 e. The normalized spacial score (nSPS) is 16.7. The van der Waals surface area contributed by atoms with Crippen molar-refractivity contribution in [2.24, 2.45) is 0 Å². The van der Waals surface area contributed by atoms with Gasteiger partial charge in [0, 0.05) is 22.5 Å². The number of nitrogens with one attached hydrogen (secondary N) is 2. The van der Waals surface area contributed by atoms with E-state index in [1.54, 1.807) is 18.3 Å². The molecule has 8 heteroatoms. The van der Waals surface area contributed by atoms with E-state index in [1.807, 2.05) is 6.07 Å². The Hall–Kier alpha value is -2.50. The molecule has 0 atom stereocenters. The molecule has 0 unspecified atom stereocenters. The van der Waals surface area contributed by atoms with E-state index in [2.05, 4.69) is 19.7 Å². The molecule has 2 aromatic heterocycles. The van der Waals surface area contributed by atoms with Crippen LogP contribution in [-0.4, -0.2) is 28.9 Å². The van der Waals surface area contributed by atoms with Gasteiger partial charge < -0.3 is 4.98 Å². The minimum Gasteiger partial charge on any atom is -0.339 e. The second kappa shape index (κ2) is 4.25. The van der Waals surface area contributed by atoms with E-state index in [9.17, 15) is 8.42 Å². The van der Waals surface area contributed by atoms with Crippen molar-refractivity contribution in [2.75, 3.05) is 0 Å². The quantitative estimate of drug-likeness (QED) is 0.760. The van der Waals surface area contributed by atoms with Crippen LogP contribution in [-0.2, 0) is 10.0 Å². The van der Waals surface area contributed by atoms with Gasteiger partial charge in [-0.25, -0.2) is 18.4 Å². The highest BCUT2D eigenvalue weighted by atomic mass is 32.2. The lowest BCUT2D eigenvalue weighted by Crippen LogP contribution is -2.35. The summed E-state index contributed by atoms with van der Waals surface area (Å²) in [4.78, 5) is 11.3. The van der Waals surface area contributed by atoms with E-state index in [1.165, 1.54) is 12.4 Å². The summed E-state index contributed by atoms with van der Waals surface area (Å²) in [6.45, 7) is 0. The summed E-state index contributed by atoms with van der Waals surface area (Å²) in [5, 5.41) is 10.7. The Labute approximate surface area is 126 Å². The van der Waals surface area contributed by atoms with E-state index < -0.39 is 15.6 Å². The third kappa shape index (κ3) is 1.94. The van der Waals surface area contributed by atoms with Crippen LogP contribution in [0.4, 0.5) is 0 Å². The van der Waals surface area contributed by atoms with Crippen LogP contribution in [0.2, 0.25) is 0 Å². The van der Waals surface area contributed by atoms with Crippen molar-refractivity contribution < 1.29 is 8.42 Å². The highest BCUT2D eigenvalue weighted by molar-refractivity contribution is 7.89. The third-order valence-electron chi connectivity index (χ3n) is 3.85. The monoisotopic (exact) mass is 313 g/mol. The molecule has 2 N–H and O–H groups in total. The number of nitriles is 1. The van der Waals surface area contributed by atoms with Crippen LogP contribution >= 0.6 is 0 Å². The van der Waals surface area contributed by atoms with Crippen molar-refractivity contribution in [3.8, 4) is 6.07 Å². The van der Waals surface area contributed by atoms with Crippen molar-refractivity contribution in [1.29, 1.82) is 5.26 Å². The number of hydrogen-bond donors (Lipinski definition) is 2. The summed E-state index contributed by atoms with van der Waals surface area (Å²) in [7, 11) is -3.73. The molecule has 0 aliphatic heterocycles. The summed E-state index contributed by atoms with van der Waals surface area (Å²) < 4.78 is 27.3. The number of aromatic nitrogens is 3. The van der Waals surface area contributed by atoms with E-state index in [0.29, 0.717) is 24.0 Å². The zero-order chi connectivity index (χ0) is 15.4. The molecule has 3 aromatic rings. The van der Waals surface area contributed by atoms with E-state index in [4.69, 9.17) is 5.26 Å². The number of H-pyrrole nitrogens is 1. The number of hydrogen-bond acceptors (Lipinski definition) is 5. The zero-order valence-corrected chi connectivity index (χ0v) is 12.2. The van der Waals surface area contributed by atoms with Gasteiger partial charge in [-0.05, 0) is 25.0 Å². The molecule has 1 aliphatic carbocycles. The van der Waals surface area contributed by atoms with Crippen LogP contribution in [0.15, 0.2) is 35.6 Å². The maximum Gasteiger partial charge on any atom is 0.242 e. The summed E-state index contributed by atoms with van der Waals surface area (Å²) in [6, 6.07) is 6.82. The Balaban J connectivity index is 1.83. The predicted molar refractivity (Wildman–Crippen MR) is 79.3 cm³/mol. The van der Waals surface area contributed by atoms with Crippen molar-refractivity contribution in [1.82, 2.24) is 19.7 Å². The van der Waals surface area contributed by atoms with Gasteiger partial charge >= 0.3 is 0 Å². The van der Waals surface area contributed by atoms with Gasteiger partial charge in [0.1, 0.15) is 17.5 Å². The van der Waals surface area contributed by atoms with Crippen molar-refractivity contribution in [2.45, 2.75) is 23.3 Å². The number of fused-ring (bicyclic) bond motifs is 3. The highest BCUT2D eigenvalue weighted by Crippen LogP contribution is 2.36. The van der Waals surface area contributed by atoms with Gasteiger partial charge in [-0.3, -0.25) is 0 Å². The Morgan fingerprint density at radius 2 is 2.14 bits per heavy atom. The van der Waals surface area contributed by atoms with Crippen LogP contribution in [0.1, 0.15) is 12.8 Å². The van der Waals surface area contributed by atoms with E-state index >= 15 is 0 Å². The lowest BCUT2D eigenvalue weighted by atomic mass is 10.2. The second-order valence-electron chi connectivity index (χ2n) is 5.42. The van der Waals surface area contributed by atoms with Crippen LogP contribution in [0.3, 0.4) is 0 Å². The molecule has 0 amide bonds. The van der Waals surface area contributed by atoms with Gasteiger partial charge in [-0.1, -0.05) is 6.07 Å². The predicted octanol–water partition coefficient (Wildman–Crippen LogP) is 1.45. The van der Waals surface area contributed by atoms with Gasteiger partial charge in [-0.2, -0.15) is 9.98 Å². The maximum atomic E-state index is 12.4. The Morgan fingerprint density at radius 1 is 1.32 bits per heavy atom. The minimum atomic E-state index is -3.73. The minimum absolute atomic E-state index is 0.126. The van der Waals surface area contributed by atoms with Gasteiger partial charge in [-0.15, -0.1) is 0 Å². The molecule has 22 heavy (non-hydrogen) atoms. The molecule has 4 rings (SSSR count). The molecule has 1 saturated carbocycles. The van der Waals surface area contributed by atoms with Crippen LogP contribution in [0.5, 0.6) is 0 Å². The molecule has 0 bridgehead atoms. The molecule has 1 aliphatic rings. The van der Waals surface area contributed by atoms with Crippen LogP contribution < -0.4 is 4.72 Å². The van der Waals surface area contributed by atoms with Crippen molar-refractivity contribution >= 4 is 32.0 Å². The average Bonchev–Trinajstić information content (AvgIpc) is 3.17. The largest absolute Gasteiger partial charge is 0.339 e. The van der Waals surface area contributed by atoms with Gasteiger partial charge in [0.15, 0.2) is 0 Å². The number of sulfonamides is 1. The van der Waals surface area contributed by atoms with Gasteiger partial charge in [0.2, 0.25) is 10.0 Å². The summed E-state index contributed by atoms with van der Waals surface area (Å²) >= 11 is 0. The molecule has 0 spiro atoms. The van der Waals surface area contributed by atoms with Crippen molar-refractivity contribution in [3.05, 3.63) is 30.7 Å². The molecular weight excluding hydrogens is 302 g/mol. The molecule has 0 radical (unpaired) electrons. The topological polar surface area (TPSA) is 112 Å². The van der Waals surface area contributed by atoms with E-state index in [0.717, 1.165) is 10.8 Å². The molecule has 1 fully saturated rings. The molecular formula is C14H11N5O2S. The number of rotatable bonds is 3. The zero-order valence-electron chi connectivity index (χ0n) is 11.4. The lowest BCUT2D eigenvalue weighted by Gasteiger charge is -2.10. The van der Waals surface area contributed by atoms with E-state index in [-0.39, 0.29) is 4.90 Å². The fraction of sp³-hybridized carbons (Fsp3) is 0.214. The Kier molecular flexibility index (Phi) is 2.55. The first-order valence-electron chi connectivity index (χ1n) is 6.70. The summed E-state index contributed by atoms with van der Waals surface area (Å²) in [5.74, 6) is 0. The van der Waals surface area contributed by atoms with Crippen LogP contribution in [0, 0.1) is 11.3 Å². The molecule has 0 saturated heterocycles. The van der Waals surface area contributed by atoms with Gasteiger partial charge in [0.05, 0.1) is 11.0 Å². The first-order chi connectivity index (χ1) is 10.5. The molecule has 2 heterocycles.